The van der Waals surface area contributed by atoms with E-state index in [1.165, 1.54) is 41.9 Å². The monoisotopic (exact) mass is 463 g/mol. The van der Waals surface area contributed by atoms with Gasteiger partial charge in [-0.05, 0) is 76.6 Å². The van der Waals surface area contributed by atoms with Crippen LogP contribution >= 0.6 is 11.3 Å². The van der Waals surface area contributed by atoms with Gasteiger partial charge in [0.25, 0.3) is 0 Å². The maximum absolute atomic E-state index is 4.84. The Hall–Kier alpha value is -2.58. The second-order valence-corrected chi connectivity index (χ2v) is 10.9. The normalized spacial score (nSPS) is 16.0. The van der Waals surface area contributed by atoms with E-state index in [0.29, 0.717) is 17.9 Å². The van der Waals surface area contributed by atoms with Crippen LogP contribution in [-0.2, 0) is 0 Å². The minimum atomic E-state index is 0.307. The lowest BCUT2D eigenvalue weighted by Crippen LogP contribution is -2.37. The van der Waals surface area contributed by atoms with Gasteiger partial charge in [0.1, 0.15) is 17.0 Å². The predicted molar refractivity (Wildman–Crippen MR) is 134 cm³/mol. The summed E-state index contributed by atoms with van der Waals surface area (Å²) in [4.78, 5) is 13.2. The number of rotatable bonds is 5. The molecular formula is C25H33N7S. The number of pyridine rings is 1. The van der Waals surface area contributed by atoms with Crippen molar-refractivity contribution < 1.29 is 0 Å². The maximum atomic E-state index is 4.84. The van der Waals surface area contributed by atoms with E-state index in [4.69, 9.17) is 10.1 Å². The molecule has 1 aliphatic rings. The van der Waals surface area contributed by atoms with Gasteiger partial charge in [0.15, 0.2) is 5.65 Å². The molecule has 1 aliphatic heterocycles. The quantitative estimate of drug-likeness (QED) is 0.419. The van der Waals surface area contributed by atoms with Crippen LogP contribution in [0, 0.1) is 13.8 Å². The molecule has 0 aliphatic carbocycles. The molecule has 0 amide bonds. The van der Waals surface area contributed by atoms with Crippen molar-refractivity contribution in [3.63, 3.8) is 0 Å². The molecule has 5 rings (SSSR count). The first-order chi connectivity index (χ1) is 15.8. The van der Waals surface area contributed by atoms with E-state index in [-0.39, 0.29) is 0 Å². The topological polar surface area (TPSA) is 75.0 Å². The third kappa shape index (κ3) is 3.89. The molecule has 1 N–H and O–H groups in total. The van der Waals surface area contributed by atoms with Crippen LogP contribution in [0.1, 0.15) is 73.9 Å². The average Bonchev–Trinajstić information content (AvgIpc) is 3.55. The Kier molecular flexibility index (Phi) is 5.82. The molecular weight excluding hydrogens is 430 g/mol. The number of thiazole rings is 1. The number of H-pyrrole nitrogens is 1. The van der Waals surface area contributed by atoms with Crippen molar-refractivity contribution >= 4 is 17.0 Å². The van der Waals surface area contributed by atoms with Crippen molar-refractivity contribution in [3.8, 4) is 22.0 Å². The Bertz CT molecular complexity index is 1270. The molecule has 4 aromatic heterocycles. The lowest BCUT2D eigenvalue weighted by atomic mass is 9.94. The number of fused-ring (bicyclic) bond motifs is 1. The van der Waals surface area contributed by atoms with Gasteiger partial charge in [-0.15, -0.1) is 11.3 Å². The number of aromatic nitrogens is 6. The molecule has 4 aromatic rings. The minimum Gasteiger partial charge on any atom is -0.301 e. The summed E-state index contributed by atoms with van der Waals surface area (Å²) in [6.07, 6.45) is 8.17. The largest absolute Gasteiger partial charge is 0.301 e. The zero-order valence-electron chi connectivity index (χ0n) is 20.4. The van der Waals surface area contributed by atoms with Crippen LogP contribution in [-0.4, -0.2) is 53.8 Å². The van der Waals surface area contributed by atoms with Gasteiger partial charge in [-0.25, -0.2) is 14.5 Å². The van der Waals surface area contributed by atoms with Crippen molar-refractivity contribution in [1.29, 1.82) is 0 Å². The Balaban J connectivity index is 1.50. The van der Waals surface area contributed by atoms with Gasteiger partial charge in [-0.3, -0.25) is 5.10 Å². The van der Waals surface area contributed by atoms with E-state index in [1.54, 1.807) is 6.33 Å². The number of piperidine rings is 1. The fourth-order valence-corrected chi connectivity index (χ4v) is 6.11. The molecule has 5 heterocycles. The van der Waals surface area contributed by atoms with Crippen LogP contribution < -0.4 is 0 Å². The summed E-state index contributed by atoms with van der Waals surface area (Å²) in [6.45, 7) is 15.6. The number of aryl methyl sites for hydroxylation is 1. The van der Waals surface area contributed by atoms with E-state index in [1.807, 2.05) is 15.9 Å². The third-order valence-corrected chi connectivity index (χ3v) is 8.33. The molecule has 0 radical (unpaired) electrons. The number of aromatic amines is 1. The molecule has 0 saturated carbocycles. The standard InChI is InChI=1S/C25H33N7S/c1-14(2)21-22(19-12-32-24(27-13-28-32)17(6)16(19)5)29-30-23(21)25-26-11-20(33-25)18-7-9-31(10-8-18)15(3)4/h11-15,18H,7-10H2,1-6H3,(H,29,30). The lowest BCUT2D eigenvalue weighted by Gasteiger charge is -2.34. The lowest BCUT2D eigenvalue weighted by molar-refractivity contribution is 0.172. The Labute approximate surface area is 199 Å². The average molecular weight is 464 g/mol. The van der Waals surface area contributed by atoms with E-state index in [0.717, 1.165) is 33.2 Å². The van der Waals surface area contributed by atoms with Crippen LogP contribution in [0.25, 0.3) is 27.6 Å². The SMILES string of the molecule is Cc1c(-c2[nH]nc(-c3ncc(C4CCN(C(C)C)CC4)s3)c2C(C)C)cn2ncnc2c1C. The zero-order valence-corrected chi connectivity index (χ0v) is 21.2. The summed E-state index contributed by atoms with van der Waals surface area (Å²) >= 11 is 1.81. The number of likely N-dealkylation sites (tertiary alicyclic amines) is 1. The van der Waals surface area contributed by atoms with E-state index < -0.39 is 0 Å². The first-order valence-corrected chi connectivity index (χ1v) is 12.7. The molecule has 0 spiro atoms. The smallest absolute Gasteiger partial charge is 0.158 e. The van der Waals surface area contributed by atoms with Crippen LogP contribution in [0.2, 0.25) is 0 Å². The number of nitrogens with zero attached hydrogens (tertiary/aromatic N) is 6. The predicted octanol–water partition coefficient (Wildman–Crippen LogP) is 5.57. The summed E-state index contributed by atoms with van der Waals surface area (Å²) in [5.41, 5.74) is 7.60. The fourth-order valence-electron chi connectivity index (χ4n) is 5.02. The molecule has 1 saturated heterocycles. The highest BCUT2D eigenvalue weighted by Crippen LogP contribution is 2.41. The maximum Gasteiger partial charge on any atom is 0.158 e. The summed E-state index contributed by atoms with van der Waals surface area (Å²) < 4.78 is 1.85. The van der Waals surface area contributed by atoms with Gasteiger partial charge in [-0.1, -0.05) is 13.8 Å². The van der Waals surface area contributed by atoms with Gasteiger partial charge < -0.3 is 4.90 Å². The summed E-state index contributed by atoms with van der Waals surface area (Å²) in [7, 11) is 0. The van der Waals surface area contributed by atoms with Crippen LogP contribution in [0.15, 0.2) is 18.7 Å². The first kappa shape index (κ1) is 22.2. The van der Waals surface area contributed by atoms with Crippen molar-refractivity contribution in [1.82, 2.24) is 34.7 Å². The Morgan fingerprint density at radius 1 is 1.06 bits per heavy atom. The molecule has 174 valence electrons. The van der Waals surface area contributed by atoms with Crippen molar-refractivity contribution in [3.05, 3.63) is 40.3 Å². The molecule has 0 aromatic carbocycles. The number of hydrogen-bond donors (Lipinski definition) is 1. The highest BCUT2D eigenvalue weighted by atomic mass is 32.1. The molecule has 0 atom stereocenters. The van der Waals surface area contributed by atoms with E-state index >= 15 is 0 Å². The first-order valence-electron chi connectivity index (χ1n) is 11.9. The zero-order chi connectivity index (χ0) is 23.3. The second kappa shape index (κ2) is 8.65. The third-order valence-electron chi connectivity index (χ3n) is 7.17. The molecule has 8 heteroatoms. The molecule has 0 bridgehead atoms. The van der Waals surface area contributed by atoms with Gasteiger partial charge >= 0.3 is 0 Å². The highest BCUT2D eigenvalue weighted by molar-refractivity contribution is 7.15. The van der Waals surface area contributed by atoms with Gasteiger partial charge in [0, 0.05) is 34.4 Å². The van der Waals surface area contributed by atoms with Crippen LogP contribution in [0.4, 0.5) is 0 Å². The summed E-state index contributed by atoms with van der Waals surface area (Å²) in [5.74, 6) is 0.910. The summed E-state index contributed by atoms with van der Waals surface area (Å²) in [5, 5.41) is 13.5. The number of hydrogen-bond acceptors (Lipinski definition) is 6. The van der Waals surface area contributed by atoms with Crippen molar-refractivity contribution in [2.75, 3.05) is 13.1 Å². The van der Waals surface area contributed by atoms with E-state index in [9.17, 15) is 0 Å². The molecule has 1 fully saturated rings. The number of nitrogens with one attached hydrogen (secondary N) is 1. The molecule has 7 nitrogen and oxygen atoms in total. The molecule has 33 heavy (non-hydrogen) atoms. The second-order valence-electron chi connectivity index (χ2n) is 9.81. The van der Waals surface area contributed by atoms with Gasteiger partial charge in [0.05, 0.1) is 5.69 Å². The Morgan fingerprint density at radius 3 is 2.52 bits per heavy atom. The summed E-state index contributed by atoms with van der Waals surface area (Å²) in [6, 6.07) is 0.628. The van der Waals surface area contributed by atoms with Gasteiger partial charge in [0.2, 0.25) is 0 Å². The van der Waals surface area contributed by atoms with Crippen LogP contribution in [0.3, 0.4) is 0 Å². The fraction of sp³-hybridized carbons (Fsp3) is 0.520. The minimum absolute atomic E-state index is 0.307. The van der Waals surface area contributed by atoms with Crippen LogP contribution in [0.5, 0.6) is 0 Å². The Morgan fingerprint density at radius 2 is 1.82 bits per heavy atom. The van der Waals surface area contributed by atoms with E-state index in [2.05, 4.69) is 74.0 Å². The molecule has 0 unspecified atom stereocenters. The van der Waals surface area contributed by atoms with Crippen molar-refractivity contribution in [2.45, 2.75) is 72.3 Å². The highest BCUT2D eigenvalue weighted by Gasteiger charge is 2.27. The van der Waals surface area contributed by atoms with Crippen molar-refractivity contribution in [2.24, 2.45) is 0 Å². The van der Waals surface area contributed by atoms with Gasteiger partial charge in [-0.2, -0.15) is 10.2 Å².